The number of aryl methyl sites for hydroxylation is 1. The fourth-order valence-corrected chi connectivity index (χ4v) is 2.43. The number of benzene rings is 1. The van der Waals surface area contributed by atoms with Gasteiger partial charge in [0.05, 0.1) is 14.2 Å². The second-order valence-corrected chi connectivity index (χ2v) is 5.79. The van der Waals surface area contributed by atoms with Crippen molar-refractivity contribution in [2.24, 2.45) is 4.99 Å². The van der Waals surface area contributed by atoms with Crippen LogP contribution in [-0.4, -0.2) is 45.8 Å². The Morgan fingerprint density at radius 3 is 2.62 bits per heavy atom. The van der Waals surface area contributed by atoms with Crippen molar-refractivity contribution in [2.45, 2.75) is 39.5 Å². The van der Waals surface area contributed by atoms with Gasteiger partial charge >= 0.3 is 5.97 Å². The molecule has 0 aliphatic rings. The van der Waals surface area contributed by atoms with Crippen LogP contribution >= 0.6 is 24.0 Å². The molecule has 6 nitrogen and oxygen atoms in total. The summed E-state index contributed by atoms with van der Waals surface area (Å²) in [6.45, 7) is 6.38. The zero-order valence-electron chi connectivity index (χ0n) is 16.3. The highest BCUT2D eigenvalue weighted by atomic mass is 127. The molecule has 148 valence electrons. The van der Waals surface area contributed by atoms with E-state index in [1.165, 1.54) is 18.2 Å². The fourth-order valence-electron chi connectivity index (χ4n) is 2.43. The number of nitrogens with one attached hydrogen (secondary N) is 2. The molecule has 0 unspecified atom stereocenters. The summed E-state index contributed by atoms with van der Waals surface area (Å²) in [6.07, 6.45) is 2.95. The van der Waals surface area contributed by atoms with Gasteiger partial charge in [0, 0.05) is 26.1 Å². The topological polar surface area (TPSA) is 72.0 Å². The van der Waals surface area contributed by atoms with Crippen LogP contribution < -0.4 is 15.4 Å². The van der Waals surface area contributed by atoms with E-state index in [2.05, 4.69) is 39.4 Å². The first kappa shape index (κ1) is 24.5. The number of aliphatic imine (C=N–C) groups is 1. The van der Waals surface area contributed by atoms with Crippen molar-refractivity contribution in [1.29, 1.82) is 0 Å². The van der Waals surface area contributed by atoms with Crippen LogP contribution in [0, 0.1) is 6.92 Å². The van der Waals surface area contributed by atoms with Crippen LogP contribution in [0.3, 0.4) is 0 Å². The van der Waals surface area contributed by atoms with E-state index in [0.29, 0.717) is 13.0 Å². The molecule has 1 aromatic rings. The molecule has 0 aliphatic heterocycles. The van der Waals surface area contributed by atoms with Gasteiger partial charge in [0.1, 0.15) is 5.75 Å². The number of ether oxygens (including phenoxy) is 2. The van der Waals surface area contributed by atoms with Crippen molar-refractivity contribution < 1.29 is 14.3 Å². The minimum Gasteiger partial charge on any atom is -0.496 e. The van der Waals surface area contributed by atoms with Crippen LogP contribution in [0.25, 0.3) is 0 Å². The molecule has 7 heteroatoms. The first-order valence-corrected chi connectivity index (χ1v) is 8.83. The average molecular weight is 477 g/mol. The van der Waals surface area contributed by atoms with Gasteiger partial charge in [0.2, 0.25) is 0 Å². The Morgan fingerprint density at radius 1 is 1.19 bits per heavy atom. The summed E-state index contributed by atoms with van der Waals surface area (Å²) in [4.78, 5) is 15.6. The number of guanidine groups is 1. The van der Waals surface area contributed by atoms with E-state index >= 15 is 0 Å². The average Bonchev–Trinajstić information content (AvgIpc) is 2.61. The first-order chi connectivity index (χ1) is 12.1. The molecule has 0 aromatic heterocycles. The molecular formula is C19H32IN3O3. The molecule has 0 bridgehead atoms. The molecular weight excluding hydrogens is 445 g/mol. The predicted octanol–water partition coefficient (Wildman–Crippen LogP) is 3.06. The SMILES string of the molecule is CCNC(=NCCCCC(=O)OC)NCCc1cc(C)ccc1OC.I. The van der Waals surface area contributed by atoms with Crippen LogP contribution in [0.2, 0.25) is 0 Å². The highest BCUT2D eigenvalue weighted by Crippen LogP contribution is 2.19. The number of esters is 1. The second-order valence-electron chi connectivity index (χ2n) is 5.79. The van der Waals surface area contributed by atoms with Gasteiger partial charge in [-0.05, 0) is 44.7 Å². The quantitative estimate of drug-likeness (QED) is 0.178. The van der Waals surface area contributed by atoms with E-state index in [4.69, 9.17) is 4.74 Å². The summed E-state index contributed by atoms with van der Waals surface area (Å²) in [5.41, 5.74) is 2.41. The molecule has 0 spiro atoms. The van der Waals surface area contributed by atoms with Gasteiger partial charge in [-0.15, -0.1) is 24.0 Å². The molecule has 0 saturated heterocycles. The van der Waals surface area contributed by atoms with Crippen LogP contribution in [-0.2, 0) is 16.0 Å². The lowest BCUT2D eigenvalue weighted by Gasteiger charge is -2.13. The predicted molar refractivity (Wildman–Crippen MR) is 117 cm³/mol. The van der Waals surface area contributed by atoms with Crippen molar-refractivity contribution in [2.75, 3.05) is 33.9 Å². The maximum Gasteiger partial charge on any atom is 0.305 e. The van der Waals surface area contributed by atoms with Gasteiger partial charge in [-0.3, -0.25) is 9.79 Å². The summed E-state index contributed by atoms with van der Waals surface area (Å²) in [7, 11) is 3.11. The van der Waals surface area contributed by atoms with Crippen molar-refractivity contribution in [1.82, 2.24) is 10.6 Å². The molecule has 0 radical (unpaired) electrons. The third-order valence-electron chi connectivity index (χ3n) is 3.75. The number of nitrogens with zero attached hydrogens (tertiary/aromatic N) is 1. The van der Waals surface area contributed by atoms with Crippen LogP contribution in [0.5, 0.6) is 5.75 Å². The normalized spacial score (nSPS) is 10.7. The number of carbonyl (C=O) groups excluding carboxylic acids is 1. The smallest absolute Gasteiger partial charge is 0.305 e. The molecule has 0 saturated carbocycles. The Kier molecular flexibility index (Phi) is 13.8. The zero-order valence-corrected chi connectivity index (χ0v) is 18.6. The largest absolute Gasteiger partial charge is 0.496 e. The summed E-state index contributed by atoms with van der Waals surface area (Å²) in [5.74, 6) is 1.55. The highest BCUT2D eigenvalue weighted by molar-refractivity contribution is 14.0. The summed E-state index contributed by atoms with van der Waals surface area (Å²) >= 11 is 0. The van der Waals surface area contributed by atoms with E-state index in [1.54, 1.807) is 7.11 Å². The minimum atomic E-state index is -0.166. The first-order valence-electron chi connectivity index (χ1n) is 8.83. The molecule has 0 aliphatic carbocycles. The van der Waals surface area contributed by atoms with Crippen molar-refractivity contribution >= 4 is 35.9 Å². The number of rotatable bonds is 10. The number of halogens is 1. The van der Waals surface area contributed by atoms with E-state index < -0.39 is 0 Å². The van der Waals surface area contributed by atoms with Crippen LogP contribution in [0.4, 0.5) is 0 Å². The second kappa shape index (κ2) is 14.6. The number of hydrogen-bond acceptors (Lipinski definition) is 4. The van der Waals surface area contributed by atoms with Gasteiger partial charge in [-0.2, -0.15) is 0 Å². The van der Waals surface area contributed by atoms with E-state index in [0.717, 1.165) is 44.1 Å². The van der Waals surface area contributed by atoms with Crippen LogP contribution in [0.15, 0.2) is 23.2 Å². The number of methoxy groups -OCH3 is 2. The number of unbranched alkanes of at least 4 members (excludes halogenated alkanes) is 1. The fraction of sp³-hybridized carbons (Fsp3) is 0.579. The molecule has 1 aromatic carbocycles. The molecule has 0 fully saturated rings. The maximum atomic E-state index is 11.1. The molecule has 0 amide bonds. The Bertz CT molecular complexity index is 565. The maximum absolute atomic E-state index is 11.1. The monoisotopic (exact) mass is 477 g/mol. The van der Waals surface area contributed by atoms with Crippen LogP contribution in [0.1, 0.15) is 37.3 Å². The third kappa shape index (κ3) is 9.84. The minimum absolute atomic E-state index is 0. The van der Waals surface area contributed by atoms with E-state index in [1.807, 2.05) is 13.0 Å². The van der Waals surface area contributed by atoms with Gasteiger partial charge in [0.15, 0.2) is 5.96 Å². The summed E-state index contributed by atoms with van der Waals surface area (Å²) in [6, 6.07) is 6.21. The molecule has 1 rings (SSSR count). The standard InChI is InChI=1S/C19H31N3O3.HI/c1-5-20-19(21-12-7-6-8-18(23)25-4)22-13-11-16-14-15(2)9-10-17(16)24-3;/h9-10,14H,5-8,11-13H2,1-4H3,(H2,20,21,22);1H. The summed E-state index contributed by atoms with van der Waals surface area (Å²) < 4.78 is 10.0. The lowest BCUT2D eigenvalue weighted by molar-refractivity contribution is -0.140. The van der Waals surface area contributed by atoms with E-state index in [-0.39, 0.29) is 29.9 Å². The van der Waals surface area contributed by atoms with Gasteiger partial charge in [-0.25, -0.2) is 0 Å². The van der Waals surface area contributed by atoms with Gasteiger partial charge in [-0.1, -0.05) is 17.7 Å². The van der Waals surface area contributed by atoms with Crippen molar-refractivity contribution in [3.63, 3.8) is 0 Å². The third-order valence-corrected chi connectivity index (χ3v) is 3.75. The number of carbonyl (C=O) groups is 1. The lowest BCUT2D eigenvalue weighted by Crippen LogP contribution is -2.38. The number of hydrogen-bond donors (Lipinski definition) is 2. The van der Waals surface area contributed by atoms with Crippen molar-refractivity contribution in [3.8, 4) is 5.75 Å². The lowest BCUT2D eigenvalue weighted by atomic mass is 10.1. The Hall–Kier alpha value is -1.51. The highest BCUT2D eigenvalue weighted by Gasteiger charge is 2.04. The Morgan fingerprint density at radius 2 is 1.96 bits per heavy atom. The zero-order chi connectivity index (χ0) is 18.5. The molecule has 0 atom stereocenters. The molecule has 26 heavy (non-hydrogen) atoms. The van der Waals surface area contributed by atoms with Gasteiger partial charge in [0.25, 0.3) is 0 Å². The molecule has 2 N–H and O–H groups in total. The van der Waals surface area contributed by atoms with Crippen molar-refractivity contribution in [3.05, 3.63) is 29.3 Å². The van der Waals surface area contributed by atoms with E-state index in [9.17, 15) is 4.79 Å². The van der Waals surface area contributed by atoms with Gasteiger partial charge < -0.3 is 20.1 Å². The Labute approximate surface area is 174 Å². The Balaban J connectivity index is 0.00000625. The summed E-state index contributed by atoms with van der Waals surface area (Å²) in [5, 5.41) is 6.58. The molecule has 0 heterocycles.